The van der Waals surface area contributed by atoms with Crippen molar-refractivity contribution in [2.75, 3.05) is 26.2 Å². The molecule has 1 saturated carbocycles. The quantitative estimate of drug-likeness (QED) is 0.817. The molecule has 142 valence electrons. The minimum atomic E-state index is -0.503. The van der Waals surface area contributed by atoms with Crippen molar-refractivity contribution in [2.45, 2.75) is 37.6 Å². The van der Waals surface area contributed by atoms with Gasteiger partial charge in [0.1, 0.15) is 5.82 Å². The Hall–Kier alpha value is -2.20. The van der Waals surface area contributed by atoms with Gasteiger partial charge in [-0.05, 0) is 42.5 Å². The van der Waals surface area contributed by atoms with Gasteiger partial charge in [-0.1, -0.05) is 48.9 Å². The number of hydrogen-bond acceptors (Lipinski definition) is 2. The van der Waals surface area contributed by atoms with Crippen molar-refractivity contribution in [2.24, 2.45) is 0 Å². The third kappa shape index (κ3) is 3.77. The van der Waals surface area contributed by atoms with Gasteiger partial charge in [-0.2, -0.15) is 0 Å². The van der Waals surface area contributed by atoms with Crippen molar-refractivity contribution >= 4 is 5.91 Å². The molecule has 0 radical (unpaired) electrons. The lowest BCUT2D eigenvalue weighted by Gasteiger charge is -2.44. The lowest BCUT2D eigenvalue weighted by molar-refractivity contribution is -0.140. The molecule has 1 amide bonds. The molecule has 0 atom stereocenters. The van der Waals surface area contributed by atoms with Crippen molar-refractivity contribution in [3.63, 3.8) is 0 Å². The molecule has 1 aliphatic heterocycles. The number of carbonyl (C=O) groups is 1. The smallest absolute Gasteiger partial charge is 0.233 e. The maximum Gasteiger partial charge on any atom is 0.233 e. The first-order valence-electron chi connectivity index (χ1n) is 9.99. The highest BCUT2D eigenvalue weighted by Gasteiger charge is 2.47. The van der Waals surface area contributed by atoms with Gasteiger partial charge in [-0.15, -0.1) is 0 Å². The van der Waals surface area contributed by atoms with E-state index in [4.69, 9.17) is 0 Å². The Balaban J connectivity index is 1.44. The van der Waals surface area contributed by atoms with E-state index in [-0.39, 0.29) is 11.7 Å². The first kappa shape index (κ1) is 18.2. The van der Waals surface area contributed by atoms with Crippen LogP contribution in [0.2, 0.25) is 0 Å². The summed E-state index contributed by atoms with van der Waals surface area (Å²) in [6.07, 6.45) is 3.69. The molecule has 0 spiro atoms. The molecule has 3 nitrogen and oxygen atoms in total. The monoisotopic (exact) mass is 366 g/mol. The third-order valence-electron chi connectivity index (χ3n) is 6.12. The number of hydrogen-bond donors (Lipinski definition) is 0. The number of benzene rings is 2. The standard InChI is InChI=1S/C23H27FN2O/c24-21-10-4-9-20(17-21)23(11-5-12-23)22(27)26-14-6-13-25(15-16-26)18-19-7-2-1-3-8-19/h1-4,7-10,17H,5-6,11-16,18H2. The molecule has 4 heteroatoms. The summed E-state index contributed by atoms with van der Waals surface area (Å²) < 4.78 is 13.8. The van der Waals surface area contributed by atoms with Crippen LogP contribution in [-0.2, 0) is 16.8 Å². The van der Waals surface area contributed by atoms with E-state index in [1.807, 2.05) is 17.0 Å². The molecule has 0 unspecified atom stereocenters. The van der Waals surface area contributed by atoms with E-state index in [0.717, 1.165) is 64.0 Å². The molecule has 1 aliphatic carbocycles. The zero-order valence-electron chi connectivity index (χ0n) is 15.7. The first-order chi connectivity index (χ1) is 13.2. The van der Waals surface area contributed by atoms with Gasteiger partial charge in [0.2, 0.25) is 5.91 Å². The predicted octanol–water partition coefficient (Wildman–Crippen LogP) is 3.98. The van der Waals surface area contributed by atoms with Gasteiger partial charge in [0.25, 0.3) is 0 Å². The van der Waals surface area contributed by atoms with Crippen LogP contribution in [0, 0.1) is 5.82 Å². The van der Waals surface area contributed by atoms with Crippen LogP contribution in [0.5, 0.6) is 0 Å². The van der Waals surface area contributed by atoms with Gasteiger partial charge in [0.15, 0.2) is 0 Å². The normalized spacial score (nSPS) is 20.0. The third-order valence-corrected chi connectivity index (χ3v) is 6.12. The number of rotatable bonds is 4. The highest BCUT2D eigenvalue weighted by Crippen LogP contribution is 2.45. The van der Waals surface area contributed by atoms with Gasteiger partial charge in [-0.3, -0.25) is 9.69 Å². The van der Waals surface area contributed by atoms with Crippen molar-refractivity contribution in [1.29, 1.82) is 0 Å². The largest absolute Gasteiger partial charge is 0.341 e. The van der Waals surface area contributed by atoms with Gasteiger partial charge < -0.3 is 4.90 Å². The molecule has 0 N–H and O–H groups in total. The molecule has 2 aromatic carbocycles. The second-order valence-corrected chi connectivity index (χ2v) is 7.85. The highest BCUT2D eigenvalue weighted by atomic mass is 19.1. The molecule has 2 aromatic rings. The van der Waals surface area contributed by atoms with Crippen LogP contribution in [0.15, 0.2) is 54.6 Å². The molecule has 1 heterocycles. The Kier molecular flexibility index (Phi) is 5.26. The average Bonchev–Trinajstić information content (AvgIpc) is 2.87. The van der Waals surface area contributed by atoms with Crippen molar-refractivity contribution in [3.8, 4) is 0 Å². The second-order valence-electron chi connectivity index (χ2n) is 7.85. The summed E-state index contributed by atoms with van der Waals surface area (Å²) in [5, 5.41) is 0. The molecule has 0 bridgehead atoms. The van der Waals surface area contributed by atoms with E-state index in [9.17, 15) is 9.18 Å². The lowest BCUT2D eigenvalue weighted by atomic mass is 9.63. The minimum absolute atomic E-state index is 0.195. The van der Waals surface area contributed by atoms with E-state index < -0.39 is 5.41 Å². The molecule has 27 heavy (non-hydrogen) atoms. The summed E-state index contributed by atoms with van der Waals surface area (Å²) in [4.78, 5) is 17.9. The van der Waals surface area contributed by atoms with Gasteiger partial charge in [0, 0.05) is 32.7 Å². The summed E-state index contributed by atoms with van der Waals surface area (Å²) in [7, 11) is 0. The molecule has 2 aliphatic rings. The molecular weight excluding hydrogens is 339 g/mol. The number of carbonyl (C=O) groups excluding carboxylic acids is 1. The molecule has 2 fully saturated rings. The van der Waals surface area contributed by atoms with Crippen LogP contribution in [-0.4, -0.2) is 41.9 Å². The molecule has 0 aromatic heterocycles. The fourth-order valence-corrected chi connectivity index (χ4v) is 4.42. The maximum absolute atomic E-state index is 13.8. The summed E-state index contributed by atoms with van der Waals surface area (Å²) in [6, 6.07) is 17.1. The molecule has 1 saturated heterocycles. The van der Waals surface area contributed by atoms with Crippen molar-refractivity contribution in [1.82, 2.24) is 9.80 Å². The number of amides is 1. The SMILES string of the molecule is O=C(N1CCCN(Cc2ccccc2)CC1)C1(c2cccc(F)c2)CCC1. The fourth-order valence-electron chi connectivity index (χ4n) is 4.42. The molecular formula is C23H27FN2O. The van der Waals surface area contributed by atoms with Gasteiger partial charge in [0.05, 0.1) is 5.41 Å². The topological polar surface area (TPSA) is 23.6 Å². The van der Waals surface area contributed by atoms with Crippen LogP contribution < -0.4 is 0 Å². The Morgan fingerprint density at radius 1 is 0.926 bits per heavy atom. The Morgan fingerprint density at radius 3 is 2.44 bits per heavy atom. The minimum Gasteiger partial charge on any atom is -0.341 e. The Labute approximate surface area is 160 Å². The lowest BCUT2D eigenvalue weighted by Crippen LogP contribution is -2.52. The van der Waals surface area contributed by atoms with Crippen LogP contribution >= 0.6 is 0 Å². The van der Waals surface area contributed by atoms with E-state index in [1.54, 1.807) is 12.1 Å². The highest BCUT2D eigenvalue weighted by molar-refractivity contribution is 5.89. The van der Waals surface area contributed by atoms with Gasteiger partial charge >= 0.3 is 0 Å². The average molecular weight is 366 g/mol. The van der Waals surface area contributed by atoms with E-state index >= 15 is 0 Å². The van der Waals surface area contributed by atoms with Crippen LogP contribution in [0.4, 0.5) is 4.39 Å². The first-order valence-corrected chi connectivity index (χ1v) is 9.99. The van der Waals surface area contributed by atoms with E-state index in [2.05, 4.69) is 29.2 Å². The van der Waals surface area contributed by atoms with Crippen LogP contribution in [0.3, 0.4) is 0 Å². The fraction of sp³-hybridized carbons (Fsp3) is 0.435. The Bertz CT molecular complexity index is 788. The Morgan fingerprint density at radius 2 is 1.74 bits per heavy atom. The second kappa shape index (κ2) is 7.81. The zero-order valence-corrected chi connectivity index (χ0v) is 15.7. The van der Waals surface area contributed by atoms with E-state index in [1.165, 1.54) is 11.6 Å². The number of nitrogens with zero attached hydrogens (tertiary/aromatic N) is 2. The van der Waals surface area contributed by atoms with Crippen LogP contribution in [0.1, 0.15) is 36.8 Å². The molecule has 4 rings (SSSR count). The van der Waals surface area contributed by atoms with Crippen LogP contribution in [0.25, 0.3) is 0 Å². The summed E-state index contributed by atoms with van der Waals surface area (Å²) >= 11 is 0. The zero-order chi connectivity index (χ0) is 18.7. The van der Waals surface area contributed by atoms with E-state index in [0.29, 0.717) is 0 Å². The predicted molar refractivity (Wildman–Crippen MR) is 105 cm³/mol. The number of halogens is 1. The van der Waals surface area contributed by atoms with Crippen molar-refractivity contribution in [3.05, 3.63) is 71.5 Å². The van der Waals surface area contributed by atoms with Gasteiger partial charge in [-0.25, -0.2) is 4.39 Å². The summed E-state index contributed by atoms with van der Waals surface area (Å²) in [5.41, 5.74) is 1.66. The summed E-state index contributed by atoms with van der Waals surface area (Å²) in [5.74, 6) is -0.0580. The van der Waals surface area contributed by atoms with Crippen molar-refractivity contribution < 1.29 is 9.18 Å². The maximum atomic E-state index is 13.8. The summed E-state index contributed by atoms with van der Waals surface area (Å²) in [6.45, 7) is 4.37.